The highest BCUT2D eigenvalue weighted by Gasteiger charge is 1.93. The Labute approximate surface area is 106 Å². The highest BCUT2D eigenvalue weighted by atomic mass is 16.5. The maximum Gasteiger partial charge on any atom is 0.330 e. The molecule has 2 nitrogen and oxygen atoms in total. The van der Waals surface area contributed by atoms with Gasteiger partial charge in [-0.3, -0.25) is 0 Å². The van der Waals surface area contributed by atoms with Crippen molar-refractivity contribution >= 4 is 5.97 Å². The van der Waals surface area contributed by atoms with Crippen LogP contribution in [0.15, 0.2) is 24.8 Å². The van der Waals surface area contributed by atoms with E-state index in [1.165, 1.54) is 38.2 Å². The highest BCUT2D eigenvalue weighted by Crippen LogP contribution is 2.04. The molecule has 0 atom stereocenters. The Kier molecular flexibility index (Phi) is 12.2. The summed E-state index contributed by atoms with van der Waals surface area (Å²) in [7, 11) is 0. The van der Waals surface area contributed by atoms with Gasteiger partial charge in [-0.25, -0.2) is 4.79 Å². The SMILES string of the molecule is C=CC(=O)OCCCC/C=C\CCCCCC. The van der Waals surface area contributed by atoms with Crippen molar-refractivity contribution in [1.82, 2.24) is 0 Å². The fourth-order valence-corrected chi connectivity index (χ4v) is 1.52. The molecule has 0 saturated heterocycles. The van der Waals surface area contributed by atoms with Gasteiger partial charge in [-0.05, 0) is 32.1 Å². The van der Waals surface area contributed by atoms with E-state index in [2.05, 4.69) is 25.7 Å². The van der Waals surface area contributed by atoms with E-state index in [1.54, 1.807) is 0 Å². The van der Waals surface area contributed by atoms with Gasteiger partial charge >= 0.3 is 5.97 Å². The smallest absolute Gasteiger partial charge is 0.330 e. The Bertz CT molecular complexity index is 219. The maximum atomic E-state index is 10.7. The Balaban J connectivity index is 3.14. The third-order valence-corrected chi connectivity index (χ3v) is 2.57. The molecule has 0 unspecified atom stereocenters. The Hall–Kier alpha value is -1.05. The third kappa shape index (κ3) is 12.9. The molecule has 0 fully saturated rings. The summed E-state index contributed by atoms with van der Waals surface area (Å²) < 4.78 is 4.88. The van der Waals surface area contributed by atoms with E-state index < -0.39 is 0 Å². The lowest BCUT2D eigenvalue weighted by Gasteiger charge is -1.99. The van der Waals surface area contributed by atoms with Crippen molar-refractivity contribution in [3.8, 4) is 0 Å². The first kappa shape index (κ1) is 16.0. The molecule has 0 heterocycles. The van der Waals surface area contributed by atoms with Gasteiger partial charge in [-0.1, -0.05) is 44.9 Å². The zero-order chi connectivity index (χ0) is 12.8. The summed E-state index contributed by atoms with van der Waals surface area (Å²) in [5.41, 5.74) is 0. The zero-order valence-corrected chi connectivity index (χ0v) is 11.1. The molecule has 98 valence electrons. The molecule has 2 heteroatoms. The number of unbranched alkanes of at least 4 members (excludes halogenated alkanes) is 6. The van der Waals surface area contributed by atoms with Gasteiger partial charge in [0.05, 0.1) is 6.61 Å². The first-order valence-corrected chi connectivity index (χ1v) is 6.75. The zero-order valence-electron chi connectivity index (χ0n) is 11.1. The topological polar surface area (TPSA) is 26.3 Å². The van der Waals surface area contributed by atoms with Crippen LogP contribution < -0.4 is 0 Å². The van der Waals surface area contributed by atoms with Gasteiger partial charge in [0.1, 0.15) is 0 Å². The number of hydrogen-bond donors (Lipinski definition) is 0. The molecular weight excluding hydrogens is 212 g/mol. The molecule has 0 aliphatic rings. The van der Waals surface area contributed by atoms with Crippen LogP contribution in [0.1, 0.15) is 58.3 Å². The van der Waals surface area contributed by atoms with Crippen LogP contribution >= 0.6 is 0 Å². The van der Waals surface area contributed by atoms with Gasteiger partial charge in [-0.15, -0.1) is 0 Å². The molecule has 0 bridgehead atoms. The number of rotatable bonds is 11. The van der Waals surface area contributed by atoms with E-state index in [0.29, 0.717) is 6.61 Å². The number of esters is 1. The van der Waals surface area contributed by atoms with Crippen LogP contribution in [-0.2, 0) is 9.53 Å². The van der Waals surface area contributed by atoms with Crippen molar-refractivity contribution in [3.05, 3.63) is 24.8 Å². The molecule has 0 aromatic rings. The number of allylic oxidation sites excluding steroid dienone is 2. The molecule has 0 rings (SSSR count). The average Bonchev–Trinajstić information content (AvgIpc) is 2.35. The van der Waals surface area contributed by atoms with Crippen LogP contribution in [0.4, 0.5) is 0 Å². The molecule has 0 aromatic carbocycles. The third-order valence-electron chi connectivity index (χ3n) is 2.57. The largest absolute Gasteiger partial charge is 0.463 e. The maximum absolute atomic E-state index is 10.7. The fraction of sp³-hybridized carbons (Fsp3) is 0.667. The first-order valence-electron chi connectivity index (χ1n) is 6.75. The monoisotopic (exact) mass is 238 g/mol. The van der Waals surface area contributed by atoms with Gasteiger partial charge in [0.2, 0.25) is 0 Å². The summed E-state index contributed by atoms with van der Waals surface area (Å²) >= 11 is 0. The predicted octanol–water partition coefficient (Wildman–Crippen LogP) is 4.41. The Morgan fingerprint density at radius 2 is 1.71 bits per heavy atom. The Morgan fingerprint density at radius 1 is 1.06 bits per heavy atom. The summed E-state index contributed by atoms with van der Waals surface area (Å²) in [6.07, 6.45) is 15.3. The van der Waals surface area contributed by atoms with E-state index in [-0.39, 0.29) is 5.97 Å². The lowest BCUT2D eigenvalue weighted by molar-refractivity contribution is -0.137. The van der Waals surface area contributed by atoms with Gasteiger partial charge in [-0.2, -0.15) is 0 Å². The van der Waals surface area contributed by atoms with Crippen molar-refractivity contribution in [2.45, 2.75) is 58.3 Å². The second-order valence-electron chi connectivity index (χ2n) is 4.19. The van der Waals surface area contributed by atoms with Crippen LogP contribution in [0.3, 0.4) is 0 Å². The lowest BCUT2D eigenvalue weighted by atomic mass is 10.1. The van der Waals surface area contributed by atoms with E-state index in [9.17, 15) is 4.79 Å². The lowest BCUT2D eigenvalue weighted by Crippen LogP contribution is -2.01. The van der Waals surface area contributed by atoms with E-state index in [4.69, 9.17) is 4.74 Å². The number of hydrogen-bond acceptors (Lipinski definition) is 2. The molecule has 0 radical (unpaired) electrons. The molecule has 0 N–H and O–H groups in total. The summed E-state index contributed by atoms with van der Waals surface area (Å²) in [6.45, 7) is 6.09. The molecule has 0 amide bonds. The molecular formula is C15H26O2. The van der Waals surface area contributed by atoms with Crippen molar-refractivity contribution < 1.29 is 9.53 Å². The normalized spacial score (nSPS) is 10.6. The van der Waals surface area contributed by atoms with Crippen molar-refractivity contribution in [2.24, 2.45) is 0 Å². The van der Waals surface area contributed by atoms with Crippen LogP contribution in [0.5, 0.6) is 0 Å². The van der Waals surface area contributed by atoms with Gasteiger partial charge in [0, 0.05) is 6.08 Å². The van der Waals surface area contributed by atoms with Crippen molar-refractivity contribution in [2.75, 3.05) is 6.61 Å². The molecule has 0 saturated carbocycles. The van der Waals surface area contributed by atoms with Crippen LogP contribution in [-0.4, -0.2) is 12.6 Å². The molecule has 0 aromatic heterocycles. The minimum Gasteiger partial charge on any atom is -0.463 e. The minimum atomic E-state index is -0.323. The summed E-state index contributed by atoms with van der Waals surface area (Å²) in [6, 6.07) is 0. The van der Waals surface area contributed by atoms with E-state index in [1.807, 2.05) is 0 Å². The number of carbonyl (C=O) groups is 1. The van der Waals surface area contributed by atoms with Gasteiger partial charge in [0.15, 0.2) is 0 Å². The fourth-order valence-electron chi connectivity index (χ4n) is 1.52. The van der Waals surface area contributed by atoms with Gasteiger partial charge < -0.3 is 4.74 Å². The minimum absolute atomic E-state index is 0.323. The standard InChI is InChI=1S/C15H26O2/c1-3-5-6-7-8-9-10-11-12-13-14-17-15(16)4-2/h4,9-10H,2-3,5-8,11-14H2,1H3/b10-9-. The first-order chi connectivity index (χ1) is 8.31. The quantitative estimate of drug-likeness (QED) is 0.231. The predicted molar refractivity (Wildman–Crippen MR) is 72.9 cm³/mol. The highest BCUT2D eigenvalue weighted by molar-refractivity contribution is 5.81. The van der Waals surface area contributed by atoms with Crippen molar-refractivity contribution in [1.29, 1.82) is 0 Å². The van der Waals surface area contributed by atoms with Crippen LogP contribution in [0, 0.1) is 0 Å². The molecule has 17 heavy (non-hydrogen) atoms. The van der Waals surface area contributed by atoms with Crippen LogP contribution in [0.25, 0.3) is 0 Å². The van der Waals surface area contributed by atoms with Crippen LogP contribution in [0.2, 0.25) is 0 Å². The van der Waals surface area contributed by atoms with Gasteiger partial charge in [0.25, 0.3) is 0 Å². The summed E-state index contributed by atoms with van der Waals surface area (Å²) in [5.74, 6) is -0.323. The van der Waals surface area contributed by atoms with E-state index in [0.717, 1.165) is 19.3 Å². The molecule has 0 aliphatic heterocycles. The second kappa shape index (κ2) is 13.0. The average molecular weight is 238 g/mol. The Morgan fingerprint density at radius 3 is 2.29 bits per heavy atom. The number of ether oxygens (including phenoxy) is 1. The van der Waals surface area contributed by atoms with E-state index >= 15 is 0 Å². The molecule has 0 spiro atoms. The summed E-state index contributed by atoms with van der Waals surface area (Å²) in [4.78, 5) is 10.7. The molecule has 0 aliphatic carbocycles. The number of carbonyl (C=O) groups excluding carboxylic acids is 1. The second-order valence-corrected chi connectivity index (χ2v) is 4.19. The summed E-state index contributed by atoms with van der Waals surface area (Å²) in [5, 5.41) is 0. The van der Waals surface area contributed by atoms with Crippen molar-refractivity contribution in [3.63, 3.8) is 0 Å².